The summed E-state index contributed by atoms with van der Waals surface area (Å²) in [5.41, 5.74) is 2.83. The Hall–Kier alpha value is -2.43. The van der Waals surface area contributed by atoms with Gasteiger partial charge in [0.15, 0.2) is 0 Å². The molecule has 1 aromatic heterocycles. The summed E-state index contributed by atoms with van der Waals surface area (Å²) in [6, 6.07) is 4.29. The third-order valence-electron chi connectivity index (χ3n) is 3.81. The summed E-state index contributed by atoms with van der Waals surface area (Å²) in [6.45, 7) is 2.57. The minimum Gasteiger partial charge on any atom is -0.336 e. The second-order valence-corrected chi connectivity index (χ2v) is 5.46. The van der Waals surface area contributed by atoms with Gasteiger partial charge in [-0.05, 0) is 30.7 Å². The van der Waals surface area contributed by atoms with Crippen molar-refractivity contribution in [3.63, 3.8) is 0 Å². The van der Waals surface area contributed by atoms with Gasteiger partial charge in [0.25, 0.3) is 5.91 Å². The number of nitrogens with zero attached hydrogens (tertiary/aromatic N) is 3. The number of carbonyl (C=O) groups excluding carboxylic acids is 1. The summed E-state index contributed by atoms with van der Waals surface area (Å²) >= 11 is 0. The Kier molecular flexibility index (Phi) is 3.79. The van der Waals surface area contributed by atoms with E-state index in [0.29, 0.717) is 17.8 Å². The van der Waals surface area contributed by atoms with Crippen molar-refractivity contribution in [2.24, 2.45) is 0 Å². The van der Waals surface area contributed by atoms with Crippen molar-refractivity contribution >= 4 is 12.0 Å². The molecular formula is C17H18FN3O. The maximum Gasteiger partial charge on any atom is 0.256 e. The smallest absolute Gasteiger partial charge is 0.256 e. The van der Waals surface area contributed by atoms with Crippen LogP contribution < -0.4 is 0 Å². The van der Waals surface area contributed by atoms with Crippen molar-refractivity contribution < 1.29 is 9.18 Å². The summed E-state index contributed by atoms with van der Waals surface area (Å²) in [4.78, 5) is 18.5. The third-order valence-corrected chi connectivity index (χ3v) is 3.81. The number of fused-ring (bicyclic) bond motifs is 3. The maximum absolute atomic E-state index is 13.5. The number of hydrogen-bond donors (Lipinski definition) is 0. The molecule has 4 nitrogen and oxygen atoms in total. The fourth-order valence-corrected chi connectivity index (χ4v) is 2.64. The highest BCUT2D eigenvalue weighted by Gasteiger charge is 2.25. The van der Waals surface area contributed by atoms with E-state index in [1.165, 1.54) is 12.1 Å². The Morgan fingerprint density at radius 2 is 2.23 bits per heavy atom. The van der Waals surface area contributed by atoms with E-state index in [2.05, 4.69) is 18.0 Å². The van der Waals surface area contributed by atoms with Gasteiger partial charge in [0.2, 0.25) is 0 Å². The van der Waals surface area contributed by atoms with Crippen molar-refractivity contribution in [3.8, 4) is 5.69 Å². The monoisotopic (exact) mass is 299 g/mol. The van der Waals surface area contributed by atoms with Gasteiger partial charge in [-0.3, -0.25) is 4.79 Å². The zero-order chi connectivity index (χ0) is 15.7. The molecule has 0 unspecified atom stereocenters. The van der Waals surface area contributed by atoms with E-state index < -0.39 is 5.82 Å². The fourth-order valence-electron chi connectivity index (χ4n) is 2.64. The molecule has 0 saturated heterocycles. The zero-order valence-corrected chi connectivity index (χ0v) is 12.7. The molecule has 1 aromatic carbocycles. The first kappa shape index (κ1) is 14.5. The van der Waals surface area contributed by atoms with Crippen molar-refractivity contribution in [1.29, 1.82) is 0 Å². The van der Waals surface area contributed by atoms with E-state index in [1.807, 2.05) is 10.6 Å². The van der Waals surface area contributed by atoms with Gasteiger partial charge < -0.3 is 9.47 Å². The lowest BCUT2D eigenvalue weighted by molar-refractivity contribution is 0.0787. The normalized spacial score (nSPS) is 14.1. The second kappa shape index (κ2) is 5.75. The third kappa shape index (κ3) is 2.43. The molecule has 2 heterocycles. The van der Waals surface area contributed by atoms with Gasteiger partial charge in [0.1, 0.15) is 12.1 Å². The lowest BCUT2D eigenvalue weighted by atomic mass is 10.1. The Bertz CT molecular complexity index is 748. The first-order valence-corrected chi connectivity index (χ1v) is 7.40. The Morgan fingerprint density at radius 3 is 3.00 bits per heavy atom. The molecule has 0 N–H and O–H groups in total. The van der Waals surface area contributed by atoms with E-state index >= 15 is 0 Å². The van der Waals surface area contributed by atoms with E-state index in [1.54, 1.807) is 24.3 Å². The molecule has 1 aliphatic rings. The number of benzene rings is 1. The number of carbonyl (C=O) groups is 1. The van der Waals surface area contributed by atoms with Crippen LogP contribution >= 0.6 is 0 Å². The number of unbranched alkanes of at least 4 members (excludes halogenated alkanes) is 1. The first-order valence-electron chi connectivity index (χ1n) is 7.40. The number of rotatable bonds is 3. The number of amides is 1. The lowest BCUT2D eigenvalue weighted by Crippen LogP contribution is -2.25. The fraction of sp³-hybridized carbons (Fsp3) is 0.294. The predicted octanol–water partition coefficient (Wildman–Crippen LogP) is 3.41. The molecule has 2 aromatic rings. The molecule has 3 rings (SSSR count). The molecule has 0 radical (unpaired) electrons. The summed E-state index contributed by atoms with van der Waals surface area (Å²) in [7, 11) is 1.72. The standard InChI is InChI=1S/C17H18FN3O/c1-3-4-5-6-14-16-10-20(2)17(22)13-9-12(18)7-8-15(13)21(16)11-19-14/h5-9,11H,3-4,10H2,1-2H3/b6-5+. The Labute approximate surface area is 128 Å². The molecule has 0 saturated carbocycles. The molecule has 0 fully saturated rings. The van der Waals surface area contributed by atoms with Crippen LogP contribution in [0.4, 0.5) is 4.39 Å². The lowest BCUT2D eigenvalue weighted by Gasteiger charge is -2.14. The molecule has 0 spiro atoms. The van der Waals surface area contributed by atoms with Crippen LogP contribution in [0.5, 0.6) is 0 Å². The molecule has 22 heavy (non-hydrogen) atoms. The molecule has 1 amide bonds. The van der Waals surface area contributed by atoms with Crippen LogP contribution in [-0.4, -0.2) is 27.4 Å². The van der Waals surface area contributed by atoms with Gasteiger partial charge in [0.05, 0.1) is 29.2 Å². The summed E-state index contributed by atoms with van der Waals surface area (Å²) in [5, 5.41) is 0. The number of hydrogen-bond acceptors (Lipinski definition) is 2. The number of allylic oxidation sites excluding steroid dienone is 1. The zero-order valence-electron chi connectivity index (χ0n) is 12.7. The Morgan fingerprint density at radius 1 is 1.41 bits per heavy atom. The van der Waals surface area contributed by atoms with Gasteiger partial charge in [-0.1, -0.05) is 19.4 Å². The molecular weight excluding hydrogens is 281 g/mol. The number of imidazole rings is 1. The van der Waals surface area contributed by atoms with E-state index in [4.69, 9.17) is 0 Å². The van der Waals surface area contributed by atoms with Crippen LogP contribution in [0.1, 0.15) is 41.5 Å². The van der Waals surface area contributed by atoms with Gasteiger partial charge in [-0.15, -0.1) is 0 Å². The van der Waals surface area contributed by atoms with Crippen LogP contribution in [-0.2, 0) is 6.54 Å². The summed E-state index contributed by atoms with van der Waals surface area (Å²) in [6.07, 6.45) is 7.84. The molecule has 5 heteroatoms. The maximum atomic E-state index is 13.5. The van der Waals surface area contributed by atoms with Crippen LogP contribution in [0.25, 0.3) is 11.8 Å². The quantitative estimate of drug-likeness (QED) is 0.871. The van der Waals surface area contributed by atoms with Gasteiger partial charge in [0, 0.05) is 7.05 Å². The highest BCUT2D eigenvalue weighted by atomic mass is 19.1. The van der Waals surface area contributed by atoms with Gasteiger partial charge in [-0.2, -0.15) is 0 Å². The average molecular weight is 299 g/mol. The number of halogens is 1. The minimum absolute atomic E-state index is 0.179. The summed E-state index contributed by atoms with van der Waals surface area (Å²) in [5.74, 6) is -0.589. The highest BCUT2D eigenvalue weighted by Crippen LogP contribution is 2.26. The van der Waals surface area contributed by atoms with Crippen molar-refractivity contribution in [3.05, 3.63) is 53.4 Å². The molecule has 0 aliphatic carbocycles. The van der Waals surface area contributed by atoms with Gasteiger partial charge in [-0.25, -0.2) is 9.37 Å². The van der Waals surface area contributed by atoms with Gasteiger partial charge >= 0.3 is 0 Å². The second-order valence-electron chi connectivity index (χ2n) is 5.46. The molecule has 114 valence electrons. The van der Waals surface area contributed by atoms with E-state index in [0.717, 1.165) is 24.2 Å². The van der Waals surface area contributed by atoms with Crippen molar-refractivity contribution in [1.82, 2.24) is 14.5 Å². The SMILES string of the molecule is CCC/C=C/c1ncn2c1CN(C)C(=O)c1cc(F)ccc1-2. The number of aromatic nitrogens is 2. The van der Waals surface area contributed by atoms with E-state index in [9.17, 15) is 9.18 Å². The van der Waals surface area contributed by atoms with Crippen LogP contribution in [0, 0.1) is 5.82 Å². The van der Waals surface area contributed by atoms with Crippen molar-refractivity contribution in [2.45, 2.75) is 26.3 Å². The topological polar surface area (TPSA) is 38.1 Å². The average Bonchev–Trinajstić information content (AvgIpc) is 2.85. The molecule has 0 bridgehead atoms. The highest BCUT2D eigenvalue weighted by molar-refractivity contribution is 5.98. The molecule has 0 atom stereocenters. The first-order chi connectivity index (χ1) is 10.6. The molecule has 1 aliphatic heterocycles. The van der Waals surface area contributed by atoms with Crippen LogP contribution in [0.3, 0.4) is 0 Å². The Balaban J connectivity index is 2.13. The largest absolute Gasteiger partial charge is 0.336 e. The van der Waals surface area contributed by atoms with Crippen LogP contribution in [0.15, 0.2) is 30.6 Å². The van der Waals surface area contributed by atoms with Crippen molar-refractivity contribution in [2.75, 3.05) is 7.05 Å². The minimum atomic E-state index is -0.410. The summed E-state index contributed by atoms with van der Waals surface area (Å²) < 4.78 is 15.4. The predicted molar refractivity (Wildman–Crippen MR) is 83.3 cm³/mol. The van der Waals surface area contributed by atoms with Crippen LogP contribution in [0.2, 0.25) is 0 Å². The van der Waals surface area contributed by atoms with E-state index in [-0.39, 0.29) is 5.91 Å².